The molecule has 6 rings (SSSR count). The van der Waals surface area contributed by atoms with Crippen LogP contribution in [0.3, 0.4) is 0 Å². The van der Waals surface area contributed by atoms with Gasteiger partial charge in [-0.05, 0) is 66.1 Å². The first-order chi connectivity index (χ1) is 21.2. The molecule has 2 unspecified atom stereocenters. The van der Waals surface area contributed by atoms with Crippen molar-refractivity contribution in [2.75, 3.05) is 23.7 Å². The second-order valence-corrected chi connectivity index (χ2v) is 11.3. The number of carbonyl (C=O) groups excluding carboxylic acids is 2. The molecule has 4 aromatic carbocycles. The molecule has 1 aliphatic heterocycles. The number of halogens is 1. The summed E-state index contributed by atoms with van der Waals surface area (Å²) < 4.78 is 5.88. The Balaban J connectivity index is 1.09. The highest BCUT2D eigenvalue weighted by Crippen LogP contribution is 2.35. The van der Waals surface area contributed by atoms with Gasteiger partial charge < -0.3 is 25.1 Å². The third-order valence-corrected chi connectivity index (χ3v) is 8.15. The fraction of sp³-hybridized carbons (Fsp3) is 0.176. The van der Waals surface area contributed by atoms with Gasteiger partial charge in [-0.15, -0.1) is 0 Å². The molecule has 0 spiro atoms. The smallest absolute Gasteiger partial charge is 0.308 e. The fourth-order valence-electron chi connectivity index (χ4n) is 5.55. The molecule has 1 aliphatic rings. The Kier molecular flexibility index (Phi) is 8.04. The Hall–Kier alpha value is -5.15. The zero-order valence-corrected chi connectivity index (χ0v) is 24.5. The summed E-state index contributed by atoms with van der Waals surface area (Å²) in [6, 6.07) is 27.3. The number of benzene rings is 4. The van der Waals surface area contributed by atoms with Gasteiger partial charge in [-0.3, -0.25) is 14.4 Å². The number of fused-ring (bicyclic) bond motifs is 1. The summed E-state index contributed by atoms with van der Waals surface area (Å²) in [7, 11) is 0. The molecule has 5 aromatic rings. The topological polar surface area (TPSA) is 125 Å². The molecule has 9 nitrogen and oxygen atoms in total. The first-order valence-corrected chi connectivity index (χ1v) is 14.5. The molecule has 0 saturated carbocycles. The van der Waals surface area contributed by atoms with Crippen LogP contribution in [0, 0.1) is 12.8 Å². The number of aryl methyl sites for hydroxylation is 1. The van der Waals surface area contributed by atoms with Gasteiger partial charge in [-0.25, -0.2) is 0 Å². The Labute approximate surface area is 258 Å². The number of rotatable bonds is 8. The van der Waals surface area contributed by atoms with Crippen molar-refractivity contribution >= 4 is 57.9 Å². The van der Waals surface area contributed by atoms with E-state index in [0.717, 1.165) is 22.4 Å². The second kappa shape index (κ2) is 12.2. The van der Waals surface area contributed by atoms with Crippen LogP contribution < -0.4 is 10.6 Å². The predicted molar refractivity (Wildman–Crippen MR) is 168 cm³/mol. The minimum atomic E-state index is -0.943. The molecule has 1 fully saturated rings. The normalized spacial score (nSPS) is 16.2. The molecule has 222 valence electrons. The molecule has 0 aliphatic carbocycles. The van der Waals surface area contributed by atoms with E-state index in [4.69, 9.17) is 16.0 Å². The number of aromatic nitrogens is 1. The summed E-state index contributed by atoms with van der Waals surface area (Å²) in [6.45, 7) is 2.38. The van der Waals surface area contributed by atoms with Crippen molar-refractivity contribution < 1.29 is 23.9 Å². The average Bonchev–Trinajstić information content (AvgIpc) is 3.64. The third-order valence-electron chi connectivity index (χ3n) is 7.84. The zero-order valence-electron chi connectivity index (χ0n) is 23.8. The zero-order chi connectivity index (χ0) is 30.8. The van der Waals surface area contributed by atoms with Crippen molar-refractivity contribution in [2.24, 2.45) is 5.92 Å². The third kappa shape index (κ3) is 6.14. The predicted octanol–water partition coefficient (Wildman–Crippen LogP) is 6.65. The van der Waals surface area contributed by atoms with Crippen molar-refractivity contribution in [1.82, 2.24) is 9.88 Å². The lowest BCUT2D eigenvalue weighted by atomic mass is 9.89. The van der Waals surface area contributed by atoms with Crippen molar-refractivity contribution in [1.29, 1.82) is 0 Å². The van der Waals surface area contributed by atoms with Crippen LogP contribution >= 0.6 is 11.6 Å². The Morgan fingerprint density at radius 3 is 2.48 bits per heavy atom. The van der Waals surface area contributed by atoms with Crippen molar-refractivity contribution in [3.05, 3.63) is 118 Å². The quantitative estimate of drug-likeness (QED) is 0.180. The van der Waals surface area contributed by atoms with Crippen LogP contribution in [0.5, 0.6) is 0 Å². The van der Waals surface area contributed by atoms with Gasteiger partial charge in [0, 0.05) is 30.3 Å². The summed E-state index contributed by atoms with van der Waals surface area (Å²) in [4.78, 5) is 43.9. The number of anilines is 3. The summed E-state index contributed by atoms with van der Waals surface area (Å²) in [5, 5.41) is 16.5. The van der Waals surface area contributed by atoms with Gasteiger partial charge in [-0.1, -0.05) is 60.1 Å². The minimum absolute atomic E-state index is 0.116. The van der Waals surface area contributed by atoms with Crippen LogP contribution in [0.25, 0.3) is 11.1 Å². The molecule has 3 N–H and O–H groups in total. The first-order valence-electron chi connectivity index (χ1n) is 14.1. The SMILES string of the molecule is Cc1cccc(Cl)c1Nc1nc2ccc(CC(=O)Nc3ccc(C4CN(C(=O)c5ccccc5)CC4C(=O)O)cc3)cc2o1. The van der Waals surface area contributed by atoms with Crippen LogP contribution in [0.1, 0.15) is 33.0 Å². The van der Waals surface area contributed by atoms with Crippen LogP contribution in [0.4, 0.5) is 17.4 Å². The number of nitrogens with zero attached hydrogens (tertiary/aromatic N) is 2. The molecular formula is C34H29ClN4O5. The Morgan fingerprint density at radius 2 is 1.75 bits per heavy atom. The Bertz CT molecular complexity index is 1840. The van der Waals surface area contributed by atoms with Gasteiger partial charge in [-0.2, -0.15) is 4.98 Å². The van der Waals surface area contributed by atoms with E-state index in [2.05, 4.69) is 15.6 Å². The molecule has 1 aromatic heterocycles. The van der Waals surface area contributed by atoms with E-state index < -0.39 is 11.9 Å². The van der Waals surface area contributed by atoms with E-state index in [1.54, 1.807) is 59.5 Å². The summed E-state index contributed by atoms with van der Waals surface area (Å²) in [5.41, 5.74) is 5.52. The number of likely N-dealkylation sites (tertiary alicyclic amines) is 1. The van der Waals surface area contributed by atoms with E-state index in [1.807, 2.05) is 43.3 Å². The minimum Gasteiger partial charge on any atom is -0.481 e. The van der Waals surface area contributed by atoms with Crippen molar-refractivity contribution in [2.45, 2.75) is 19.3 Å². The molecule has 1 saturated heterocycles. The van der Waals surface area contributed by atoms with Crippen molar-refractivity contribution in [3.63, 3.8) is 0 Å². The van der Waals surface area contributed by atoms with Gasteiger partial charge >= 0.3 is 5.97 Å². The van der Waals surface area contributed by atoms with Gasteiger partial charge in [0.1, 0.15) is 5.52 Å². The van der Waals surface area contributed by atoms with Gasteiger partial charge in [0.15, 0.2) is 5.58 Å². The highest BCUT2D eigenvalue weighted by molar-refractivity contribution is 6.33. The molecule has 2 heterocycles. The van der Waals surface area contributed by atoms with Crippen LogP contribution in [0.15, 0.2) is 95.4 Å². The maximum Gasteiger partial charge on any atom is 0.308 e. The van der Waals surface area contributed by atoms with E-state index in [9.17, 15) is 19.5 Å². The highest BCUT2D eigenvalue weighted by Gasteiger charge is 2.40. The van der Waals surface area contributed by atoms with Crippen molar-refractivity contribution in [3.8, 4) is 0 Å². The van der Waals surface area contributed by atoms with Crippen LogP contribution in [-0.2, 0) is 16.0 Å². The molecule has 0 bridgehead atoms. The number of amides is 2. The van der Waals surface area contributed by atoms with Crippen LogP contribution in [0.2, 0.25) is 5.02 Å². The number of oxazole rings is 1. The number of carbonyl (C=O) groups is 3. The summed E-state index contributed by atoms with van der Waals surface area (Å²) in [6.07, 6.45) is 0.116. The number of carboxylic acids is 1. The number of aliphatic carboxylic acids is 1. The number of carboxylic acid groups (broad SMARTS) is 1. The van der Waals surface area contributed by atoms with E-state index >= 15 is 0 Å². The maximum absolute atomic E-state index is 13.0. The summed E-state index contributed by atoms with van der Waals surface area (Å²) in [5.74, 6) is -2.43. The van der Waals surface area contributed by atoms with E-state index in [-0.39, 0.29) is 30.7 Å². The van der Waals surface area contributed by atoms with Crippen LogP contribution in [-0.4, -0.2) is 45.9 Å². The van der Waals surface area contributed by atoms with Gasteiger partial charge in [0.25, 0.3) is 11.9 Å². The number of hydrogen-bond acceptors (Lipinski definition) is 6. The molecule has 2 atom stereocenters. The lowest BCUT2D eigenvalue weighted by Gasteiger charge is -2.17. The molecule has 2 amide bonds. The maximum atomic E-state index is 13.0. The number of para-hydroxylation sites is 1. The number of hydrogen-bond donors (Lipinski definition) is 3. The van der Waals surface area contributed by atoms with Gasteiger partial charge in [0.2, 0.25) is 5.91 Å². The monoisotopic (exact) mass is 608 g/mol. The largest absolute Gasteiger partial charge is 0.481 e. The first kappa shape index (κ1) is 28.9. The van der Waals surface area contributed by atoms with E-state index in [1.165, 1.54) is 0 Å². The van der Waals surface area contributed by atoms with E-state index in [0.29, 0.717) is 39.9 Å². The van der Waals surface area contributed by atoms with Gasteiger partial charge in [0.05, 0.1) is 23.0 Å². The fourth-order valence-corrected chi connectivity index (χ4v) is 5.82. The lowest BCUT2D eigenvalue weighted by Crippen LogP contribution is -2.29. The standard InChI is InChI=1S/C34H29ClN4O5/c1-20-6-5-9-27(35)31(20)38-34-37-28-15-10-21(16-29(28)44-34)17-30(40)36-24-13-11-22(12-14-24)25-18-39(19-26(25)33(42)43)32(41)23-7-3-2-4-8-23/h2-16,25-26H,17-19H2,1H3,(H,36,40)(H,37,38)(H,42,43). The molecular weight excluding hydrogens is 580 g/mol. The summed E-state index contributed by atoms with van der Waals surface area (Å²) >= 11 is 6.31. The number of nitrogens with one attached hydrogen (secondary N) is 2. The molecule has 44 heavy (non-hydrogen) atoms. The lowest BCUT2D eigenvalue weighted by molar-refractivity contribution is -0.141. The average molecular weight is 609 g/mol. The highest BCUT2D eigenvalue weighted by atomic mass is 35.5. The molecule has 0 radical (unpaired) electrons. The Morgan fingerprint density at radius 1 is 0.977 bits per heavy atom. The second-order valence-electron chi connectivity index (χ2n) is 10.9. The molecule has 10 heteroatoms.